The van der Waals surface area contributed by atoms with Crippen molar-refractivity contribution in [3.05, 3.63) is 94.0 Å². The van der Waals surface area contributed by atoms with Crippen LogP contribution in [-0.4, -0.2) is 47.8 Å². The lowest BCUT2D eigenvalue weighted by molar-refractivity contribution is -0.132. The van der Waals surface area contributed by atoms with Gasteiger partial charge in [-0.05, 0) is 65.9 Å². The van der Waals surface area contributed by atoms with E-state index in [9.17, 15) is 14.7 Å². The summed E-state index contributed by atoms with van der Waals surface area (Å²) in [5.41, 5.74) is 1.73. The molecule has 0 spiro atoms. The highest BCUT2D eigenvalue weighted by Crippen LogP contribution is 2.46. The Morgan fingerprint density at radius 2 is 1.78 bits per heavy atom. The summed E-state index contributed by atoms with van der Waals surface area (Å²) >= 11 is 8.91. The van der Waals surface area contributed by atoms with Crippen molar-refractivity contribution in [2.75, 3.05) is 25.7 Å². The predicted octanol–water partition coefficient (Wildman–Crippen LogP) is 7.55. The molecule has 0 bridgehead atoms. The smallest absolute Gasteiger partial charge is 0.301 e. The molecule has 1 atom stereocenters. The minimum atomic E-state index is -1.01. The van der Waals surface area contributed by atoms with Crippen molar-refractivity contribution >= 4 is 57.3 Å². The number of amides is 1. The van der Waals surface area contributed by atoms with Gasteiger partial charge in [0.15, 0.2) is 15.8 Å². The number of Topliss-reactive ketones (excluding diaryl/α,β-unsaturated/α-hetero) is 1. The van der Waals surface area contributed by atoms with E-state index in [0.29, 0.717) is 56.0 Å². The number of nitrogens with zero attached hydrogens (tertiary/aromatic N) is 3. The first-order valence-electron chi connectivity index (χ1n) is 14.2. The number of ketones is 1. The normalized spacial score (nSPS) is 16.0. The fraction of sp³-hybridized carbons (Fsp3) is 0.273. The maximum atomic E-state index is 13.7. The third-order valence-corrected chi connectivity index (χ3v) is 9.65. The molecule has 234 valence electrons. The molecule has 1 fully saturated rings. The van der Waals surface area contributed by atoms with Gasteiger partial charge in [-0.2, -0.15) is 0 Å². The molecule has 1 aliphatic heterocycles. The second kappa shape index (κ2) is 14.4. The lowest BCUT2D eigenvalue weighted by Gasteiger charge is -2.23. The number of ether oxygens (including phenoxy) is 3. The number of methoxy groups -OCH3 is 2. The van der Waals surface area contributed by atoms with Crippen molar-refractivity contribution in [1.82, 2.24) is 10.2 Å². The molecule has 1 unspecified atom stereocenters. The number of carbonyl (C=O) groups is 2. The minimum Gasteiger partial charge on any atom is -0.507 e. The van der Waals surface area contributed by atoms with Gasteiger partial charge >= 0.3 is 5.91 Å². The van der Waals surface area contributed by atoms with Crippen molar-refractivity contribution in [3.63, 3.8) is 0 Å². The zero-order valence-electron chi connectivity index (χ0n) is 25.2. The van der Waals surface area contributed by atoms with Crippen LogP contribution in [0.3, 0.4) is 0 Å². The van der Waals surface area contributed by atoms with Crippen molar-refractivity contribution in [2.45, 2.75) is 36.4 Å². The Kier molecular flexibility index (Phi) is 10.3. The monoisotopic (exact) mass is 665 g/mol. The molecular formula is C33H32ClN3O6S2. The lowest BCUT2D eigenvalue weighted by atomic mass is 9.95. The quantitative estimate of drug-likeness (QED) is 0.0539. The SMILES string of the molecule is COc1ccc(/C(O)=C2/C(=O)C(=O)N(c3nnc(SCc4ccccc4Cl)s3)C2c2ccc(OCCC(C)C)c(OC)c2)cc1. The highest BCUT2D eigenvalue weighted by atomic mass is 35.5. The Morgan fingerprint density at radius 3 is 2.47 bits per heavy atom. The van der Waals surface area contributed by atoms with Crippen molar-refractivity contribution < 1.29 is 28.9 Å². The van der Waals surface area contributed by atoms with E-state index in [2.05, 4.69) is 24.0 Å². The Balaban J connectivity index is 1.55. The van der Waals surface area contributed by atoms with Crippen LogP contribution >= 0.6 is 34.7 Å². The summed E-state index contributed by atoms with van der Waals surface area (Å²) in [5, 5.41) is 20.9. The van der Waals surface area contributed by atoms with Crippen molar-refractivity contribution in [2.24, 2.45) is 5.92 Å². The van der Waals surface area contributed by atoms with Crippen molar-refractivity contribution in [3.8, 4) is 17.2 Å². The number of aromatic nitrogens is 2. The molecule has 2 heterocycles. The molecule has 5 rings (SSSR count). The topological polar surface area (TPSA) is 111 Å². The number of carbonyl (C=O) groups excluding carboxylic acids is 2. The van der Waals surface area contributed by atoms with Crippen LogP contribution in [-0.2, 0) is 15.3 Å². The number of benzene rings is 3. The van der Waals surface area contributed by atoms with E-state index >= 15 is 0 Å². The molecule has 1 saturated heterocycles. The molecule has 1 aromatic heterocycles. The van der Waals surface area contributed by atoms with Crippen LogP contribution in [0, 0.1) is 5.92 Å². The first-order chi connectivity index (χ1) is 21.7. The highest BCUT2D eigenvalue weighted by Gasteiger charge is 2.48. The highest BCUT2D eigenvalue weighted by molar-refractivity contribution is 8.00. The Morgan fingerprint density at radius 1 is 1.02 bits per heavy atom. The van der Waals surface area contributed by atoms with Gasteiger partial charge in [0.05, 0.1) is 32.4 Å². The number of rotatable bonds is 12. The molecule has 1 aliphatic rings. The summed E-state index contributed by atoms with van der Waals surface area (Å²) in [7, 11) is 3.06. The van der Waals surface area contributed by atoms with Gasteiger partial charge in [0, 0.05) is 16.3 Å². The van der Waals surface area contributed by atoms with E-state index in [-0.39, 0.29) is 16.5 Å². The molecule has 12 heteroatoms. The third kappa shape index (κ3) is 7.11. The van der Waals surface area contributed by atoms with E-state index in [1.165, 1.54) is 42.2 Å². The number of thioether (sulfide) groups is 1. The number of halogens is 1. The molecule has 4 aromatic rings. The average molecular weight is 666 g/mol. The zero-order valence-corrected chi connectivity index (χ0v) is 27.5. The number of aliphatic hydroxyl groups excluding tert-OH is 1. The maximum absolute atomic E-state index is 13.7. The fourth-order valence-electron chi connectivity index (χ4n) is 4.74. The predicted molar refractivity (Wildman–Crippen MR) is 177 cm³/mol. The lowest BCUT2D eigenvalue weighted by Crippen LogP contribution is -2.29. The standard InChI is InChI=1S/C33H32ClN3O6S2/c1-19(2)15-16-43-25-14-11-21(17-26(25)42-4)28-27(29(38)20-9-12-23(41-3)13-10-20)30(39)31(40)37(28)32-35-36-33(45-32)44-18-22-7-5-6-8-24(22)34/h5-14,17,19,28,38H,15-16,18H2,1-4H3/b29-27-. The maximum Gasteiger partial charge on any atom is 0.301 e. The number of hydrogen-bond acceptors (Lipinski definition) is 10. The van der Waals surface area contributed by atoms with Crippen molar-refractivity contribution in [1.29, 1.82) is 0 Å². The van der Waals surface area contributed by atoms with E-state index in [1.54, 1.807) is 42.5 Å². The van der Waals surface area contributed by atoms with Crippen LogP contribution in [0.2, 0.25) is 5.02 Å². The first kappa shape index (κ1) is 32.3. The summed E-state index contributed by atoms with van der Waals surface area (Å²) in [4.78, 5) is 28.6. The molecule has 45 heavy (non-hydrogen) atoms. The molecule has 0 radical (unpaired) electrons. The van der Waals surface area contributed by atoms with Gasteiger partial charge in [-0.1, -0.05) is 72.8 Å². The summed E-state index contributed by atoms with van der Waals surface area (Å²) < 4.78 is 17.4. The van der Waals surface area contributed by atoms with Crippen LogP contribution in [0.25, 0.3) is 5.76 Å². The molecular weight excluding hydrogens is 634 g/mol. The van der Waals surface area contributed by atoms with E-state index in [1.807, 2.05) is 24.3 Å². The van der Waals surface area contributed by atoms with Gasteiger partial charge in [-0.25, -0.2) is 0 Å². The zero-order chi connectivity index (χ0) is 32.1. The largest absolute Gasteiger partial charge is 0.507 e. The minimum absolute atomic E-state index is 0.0823. The van der Waals surface area contributed by atoms with Crippen LogP contribution in [0.5, 0.6) is 17.2 Å². The number of anilines is 1. The van der Waals surface area contributed by atoms with E-state index < -0.39 is 17.7 Å². The molecule has 1 N–H and O–H groups in total. The Bertz CT molecular complexity index is 1720. The molecule has 0 saturated carbocycles. The summed E-state index contributed by atoms with van der Waals surface area (Å²) in [6, 6.07) is 18.3. The van der Waals surface area contributed by atoms with Crippen LogP contribution in [0.4, 0.5) is 5.13 Å². The first-order valence-corrected chi connectivity index (χ1v) is 16.4. The van der Waals surface area contributed by atoms with Gasteiger partial charge in [0.1, 0.15) is 11.5 Å². The Labute approximate surface area is 274 Å². The van der Waals surface area contributed by atoms with E-state index in [4.69, 9.17) is 25.8 Å². The van der Waals surface area contributed by atoms with Gasteiger partial charge in [0.25, 0.3) is 5.78 Å². The van der Waals surface area contributed by atoms with Gasteiger partial charge in [0.2, 0.25) is 5.13 Å². The number of aliphatic hydroxyl groups is 1. The molecule has 1 amide bonds. The summed E-state index contributed by atoms with van der Waals surface area (Å²) in [5.74, 6) is 0.559. The summed E-state index contributed by atoms with van der Waals surface area (Å²) in [6.45, 7) is 4.73. The molecule has 9 nitrogen and oxygen atoms in total. The van der Waals surface area contributed by atoms with Gasteiger partial charge in [-0.15, -0.1) is 10.2 Å². The molecule has 3 aromatic carbocycles. The number of hydrogen-bond donors (Lipinski definition) is 1. The Hall–Kier alpha value is -4.06. The van der Waals surface area contributed by atoms with Crippen LogP contribution in [0.15, 0.2) is 76.6 Å². The second-order valence-corrected chi connectivity index (χ2v) is 13.2. The average Bonchev–Trinajstić information content (AvgIpc) is 3.61. The van der Waals surface area contributed by atoms with Crippen LogP contribution < -0.4 is 19.1 Å². The third-order valence-electron chi connectivity index (χ3n) is 7.17. The van der Waals surface area contributed by atoms with E-state index in [0.717, 1.165) is 12.0 Å². The molecule has 0 aliphatic carbocycles. The second-order valence-electron chi connectivity index (χ2n) is 10.6. The van der Waals surface area contributed by atoms with Gasteiger partial charge in [-0.3, -0.25) is 14.5 Å². The van der Waals surface area contributed by atoms with Crippen LogP contribution in [0.1, 0.15) is 43.0 Å². The van der Waals surface area contributed by atoms with Gasteiger partial charge < -0.3 is 19.3 Å². The fourth-order valence-corrected chi connectivity index (χ4v) is 6.89. The summed E-state index contributed by atoms with van der Waals surface area (Å²) in [6.07, 6.45) is 0.862.